The van der Waals surface area contributed by atoms with E-state index in [-0.39, 0.29) is 23.8 Å². The molecule has 0 fully saturated rings. The highest BCUT2D eigenvalue weighted by atomic mass is 16.6. The molecule has 0 aromatic heterocycles. The standard InChI is InChI=1S/C26H42O4/c1-6-7-8-9-10-11-12-13-14-15-16-22-17-18-23(29-25(27)20(2)3)24(19-22)30-26(28)21(4)5/h17-21H,6-16H2,1-5H3. The van der Waals surface area contributed by atoms with E-state index in [1.807, 2.05) is 12.1 Å². The molecule has 1 aromatic carbocycles. The Morgan fingerprint density at radius 3 is 1.67 bits per heavy atom. The lowest BCUT2D eigenvalue weighted by Gasteiger charge is -2.14. The van der Waals surface area contributed by atoms with Crippen LogP contribution >= 0.6 is 0 Å². The molecule has 170 valence electrons. The highest BCUT2D eigenvalue weighted by Gasteiger charge is 2.18. The first-order valence-electron chi connectivity index (χ1n) is 11.9. The molecule has 0 radical (unpaired) electrons. The van der Waals surface area contributed by atoms with Crippen LogP contribution in [0.2, 0.25) is 0 Å². The minimum Gasteiger partial charge on any atom is -0.422 e. The average Bonchev–Trinajstić information content (AvgIpc) is 2.70. The molecule has 4 heteroatoms. The summed E-state index contributed by atoms with van der Waals surface area (Å²) in [5.41, 5.74) is 1.10. The molecule has 0 aliphatic heterocycles. The number of unbranched alkanes of at least 4 members (excludes halogenated alkanes) is 9. The lowest BCUT2D eigenvalue weighted by atomic mass is 10.0. The zero-order valence-corrected chi connectivity index (χ0v) is 19.8. The molecule has 0 aliphatic rings. The smallest absolute Gasteiger partial charge is 0.313 e. The Kier molecular flexibility index (Phi) is 13.1. The fourth-order valence-corrected chi connectivity index (χ4v) is 3.14. The highest BCUT2D eigenvalue weighted by molar-refractivity contribution is 5.78. The zero-order chi connectivity index (χ0) is 22.4. The summed E-state index contributed by atoms with van der Waals surface area (Å²) in [6.45, 7) is 9.39. The van der Waals surface area contributed by atoms with Crippen LogP contribution in [-0.2, 0) is 16.0 Å². The van der Waals surface area contributed by atoms with E-state index in [0.717, 1.165) is 18.4 Å². The summed E-state index contributed by atoms with van der Waals surface area (Å²) in [6.07, 6.45) is 14.0. The summed E-state index contributed by atoms with van der Waals surface area (Å²) in [5, 5.41) is 0. The Hall–Kier alpha value is -1.84. The van der Waals surface area contributed by atoms with Gasteiger partial charge in [0.1, 0.15) is 0 Å². The summed E-state index contributed by atoms with van der Waals surface area (Å²) in [5.74, 6) is -0.497. The normalized spacial score (nSPS) is 11.2. The van der Waals surface area contributed by atoms with E-state index in [1.54, 1.807) is 33.8 Å². The number of aryl methyl sites for hydroxylation is 1. The summed E-state index contributed by atoms with van der Waals surface area (Å²) < 4.78 is 10.9. The summed E-state index contributed by atoms with van der Waals surface area (Å²) >= 11 is 0. The maximum atomic E-state index is 12.1. The minimum absolute atomic E-state index is 0.245. The van der Waals surface area contributed by atoms with Crippen molar-refractivity contribution < 1.29 is 19.1 Å². The molecule has 0 bridgehead atoms. The van der Waals surface area contributed by atoms with Crippen LogP contribution in [0.1, 0.15) is 104 Å². The molecule has 0 aliphatic carbocycles. The van der Waals surface area contributed by atoms with E-state index in [9.17, 15) is 9.59 Å². The van der Waals surface area contributed by atoms with Crippen LogP contribution in [0.15, 0.2) is 18.2 Å². The van der Waals surface area contributed by atoms with E-state index >= 15 is 0 Å². The summed E-state index contributed by atoms with van der Waals surface area (Å²) in [7, 11) is 0. The van der Waals surface area contributed by atoms with Crippen LogP contribution in [0.4, 0.5) is 0 Å². The SMILES string of the molecule is CCCCCCCCCCCCc1ccc(OC(=O)C(C)C)c(OC(=O)C(C)C)c1. The first-order valence-corrected chi connectivity index (χ1v) is 11.9. The van der Waals surface area contributed by atoms with Gasteiger partial charge in [-0.15, -0.1) is 0 Å². The fraction of sp³-hybridized carbons (Fsp3) is 0.692. The van der Waals surface area contributed by atoms with E-state index < -0.39 is 0 Å². The van der Waals surface area contributed by atoms with Crippen molar-refractivity contribution >= 4 is 11.9 Å². The lowest BCUT2D eigenvalue weighted by molar-refractivity contribution is -0.140. The van der Waals surface area contributed by atoms with Gasteiger partial charge in [-0.2, -0.15) is 0 Å². The van der Waals surface area contributed by atoms with Crippen molar-refractivity contribution in [1.29, 1.82) is 0 Å². The van der Waals surface area contributed by atoms with Crippen LogP contribution in [0.3, 0.4) is 0 Å². The lowest BCUT2D eigenvalue weighted by Crippen LogP contribution is -2.18. The van der Waals surface area contributed by atoms with Crippen molar-refractivity contribution in [2.45, 2.75) is 105 Å². The maximum absolute atomic E-state index is 12.1. The van der Waals surface area contributed by atoms with Gasteiger partial charge in [0, 0.05) is 0 Å². The number of ether oxygens (including phenoxy) is 2. The van der Waals surface area contributed by atoms with Gasteiger partial charge in [-0.1, -0.05) is 98.5 Å². The number of esters is 2. The van der Waals surface area contributed by atoms with E-state index in [1.165, 1.54) is 57.8 Å². The van der Waals surface area contributed by atoms with Crippen LogP contribution in [0.5, 0.6) is 11.5 Å². The predicted molar refractivity (Wildman–Crippen MR) is 123 cm³/mol. The number of hydrogen-bond acceptors (Lipinski definition) is 4. The first kappa shape index (κ1) is 26.2. The van der Waals surface area contributed by atoms with Crippen LogP contribution in [-0.4, -0.2) is 11.9 Å². The van der Waals surface area contributed by atoms with Gasteiger partial charge < -0.3 is 9.47 Å². The van der Waals surface area contributed by atoms with Crippen molar-refractivity contribution in [2.75, 3.05) is 0 Å². The van der Waals surface area contributed by atoms with E-state index in [0.29, 0.717) is 11.5 Å². The van der Waals surface area contributed by atoms with Gasteiger partial charge >= 0.3 is 11.9 Å². The number of rotatable bonds is 15. The van der Waals surface area contributed by atoms with Crippen LogP contribution < -0.4 is 9.47 Å². The van der Waals surface area contributed by atoms with Gasteiger partial charge in [0.25, 0.3) is 0 Å². The molecule has 4 nitrogen and oxygen atoms in total. The Labute approximate surface area is 183 Å². The van der Waals surface area contributed by atoms with Crippen molar-refractivity contribution in [1.82, 2.24) is 0 Å². The van der Waals surface area contributed by atoms with Crippen LogP contribution in [0.25, 0.3) is 0 Å². The average molecular weight is 419 g/mol. The van der Waals surface area contributed by atoms with Crippen molar-refractivity contribution in [2.24, 2.45) is 11.8 Å². The summed E-state index contributed by atoms with van der Waals surface area (Å²) in [4.78, 5) is 24.1. The van der Waals surface area contributed by atoms with Gasteiger partial charge in [-0.05, 0) is 30.5 Å². The van der Waals surface area contributed by atoms with E-state index in [4.69, 9.17) is 9.47 Å². The Morgan fingerprint density at radius 1 is 0.700 bits per heavy atom. The Balaban J connectivity index is 2.51. The first-order chi connectivity index (χ1) is 14.3. The zero-order valence-electron chi connectivity index (χ0n) is 19.8. The number of benzene rings is 1. The monoisotopic (exact) mass is 418 g/mol. The molecule has 0 amide bonds. The van der Waals surface area contributed by atoms with E-state index in [2.05, 4.69) is 6.92 Å². The molecule has 30 heavy (non-hydrogen) atoms. The molecule has 0 unspecified atom stereocenters. The quantitative estimate of drug-likeness (QED) is 0.171. The van der Waals surface area contributed by atoms with Crippen molar-refractivity contribution in [3.63, 3.8) is 0 Å². The number of carbonyl (C=O) groups is 2. The third-order valence-corrected chi connectivity index (χ3v) is 5.19. The highest BCUT2D eigenvalue weighted by Crippen LogP contribution is 2.30. The fourth-order valence-electron chi connectivity index (χ4n) is 3.14. The molecule has 0 N–H and O–H groups in total. The number of carbonyl (C=O) groups excluding carboxylic acids is 2. The van der Waals surface area contributed by atoms with Gasteiger partial charge in [-0.25, -0.2) is 0 Å². The van der Waals surface area contributed by atoms with Crippen LogP contribution in [0, 0.1) is 11.8 Å². The molecule has 1 aromatic rings. The molecule has 0 saturated carbocycles. The van der Waals surface area contributed by atoms with Crippen molar-refractivity contribution in [3.8, 4) is 11.5 Å². The predicted octanol–water partition coefficient (Wildman–Crippen LogP) is 7.27. The van der Waals surface area contributed by atoms with Gasteiger partial charge in [-0.3, -0.25) is 9.59 Å². The molecule has 0 atom stereocenters. The second-order valence-electron chi connectivity index (χ2n) is 8.86. The maximum Gasteiger partial charge on any atom is 0.313 e. The molecular formula is C26H42O4. The largest absolute Gasteiger partial charge is 0.422 e. The second-order valence-corrected chi connectivity index (χ2v) is 8.86. The Morgan fingerprint density at radius 2 is 1.17 bits per heavy atom. The molecule has 0 heterocycles. The van der Waals surface area contributed by atoms with Crippen molar-refractivity contribution in [3.05, 3.63) is 23.8 Å². The molecule has 0 saturated heterocycles. The third kappa shape index (κ3) is 10.8. The molecule has 1 rings (SSSR count). The topological polar surface area (TPSA) is 52.6 Å². The summed E-state index contributed by atoms with van der Waals surface area (Å²) in [6, 6.07) is 5.55. The number of hydrogen-bond donors (Lipinski definition) is 0. The second kappa shape index (κ2) is 15.0. The molecule has 0 spiro atoms. The van der Waals surface area contributed by atoms with Gasteiger partial charge in [0.15, 0.2) is 11.5 Å². The minimum atomic E-state index is -0.334. The van der Waals surface area contributed by atoms with Gasteiger partial charge in [0.05, 0.1) is 11.8 Å². The molecular weight excluding hydrogens is 376 g/mol. The third-order valence-electron chi connectivity index (χ3n) is 5.19. The Bertz CT molecular complexity index is 634. The van der Waals surface area contributed by atoms with Gasteiger partial charge in [0.2, 0.25) is 0 Å².